The van der Waals surface area contributed by atoms with Crippen LogP contribution >= 0.6 is 0 Å². The van der Waals surface area contributed by atoms with Crippen molar-refractivity contribution >= 4 is 0 Å². The average molecular weight is 247 g/mol. The zero-order valence-electron chi connectivity index (χ0n) is 10.6. The zero-order chi connectivity index (χ0) is 12.4. The number of aliphatic hydroxyl groups is 1. The van der Waals surface area contributed by atoms with E-state index in [9.17, 15) is 5.11 Å². The highest BCUT2D eigenvalue weighted by atomic mass is 16.5. The molecule has 2 aliphatic rings. The molecule has 1 aromatic rings. The van der Waals surface area contributed by atoms with Gasteiger partial charge >= 0.3 is 0 Å². The molecule has 98 valence electrons. The molecule has 0 radical (unpaired) electrons. The SMILES string of the molecule is OC1CCC(CNCC2Cc3ccccc3O2)C1. The van der Waals surface area contributed by atoms with Gasteiger partial charge in [-0.15, -0.1) is 0 Å². The Bertz CT molecular complexity index is 382. The fraction of sp³-hybridized carbons (Fsp3) is 0.600. The maximum atomic E-state index is 9.48. The van der Waals surface area contributed by atoms with Gasteiger partial charge in [0, 0.05) is 13.0 Å². The van der Waals surface area contributed by atoms with Crippen LogP contribution < -0.4 is 10.1 Å². The minimum absolute atomic E-state index is 0.0659. The van der Waals surface area contributed by atoms with Gasteiger partial charge in [-0.1, -0.05) is 18.2 Å². The number of para-hydroxylation sites is 1. The molecular weight excluding hydrogens is 226 g/mol. The quantitative estimate of drug-likeness (QED) is 0.851. The lowest BCUT2D eigenvalue weighted by Gasteiger charge is -2.14. The second-order valence-electron chi connectivity index (χ2n) is 5.54. The number of hydrogen-bond donors (Lipinski definition) is 2. The van der Waals surface area contributed by atoms with Gasteiger partial charge in [-0.25, -0.2) is 0 Å². The van der Waals surface area contributed by atoms with Crippen LogP contribution in [-0.4, -0.2) is 30.4 Å². The van der Waals surface area contributed by atoms with E-state index in [2.05, 4.69) is 17.4 Å². The van der Waals surface area contributed by atoms with Crippen molar-refractivity contribution in [2.24, 2.45) is 5.92 Å². The van der Waals surface area contributed by atoms with Crippen molar-refractivity contribution in [3.05, 3.63) is 29.8 Å². The van der Waals surface area contributed by atoms with Gasteiger partial charge in [0.15, 0.2) is 0 Å². The van der Waals surface area contributed by atoms with Gasteiger partial charge in [0.2, 0.25) is 0 Å². The second kappa shape index (κ2) is 5.29. The third-order valence-corrected chi connectivity index (χ3v) is 4.03. The van der Waals surface area contributed by atoms with Gasteiger partial charge in [-0.3, -0.25) is 0 Å². The molecule has 2 N–H and O–H groups in total. The number of ether oxygens (including phenoxy) is 1. The van der Waals surface area contributed by atoms with Crippen LogP contribution in [0.5, 0.6) is 5.75 Å². The number of aliphatic hydroxyl groups excluding tert-OH is 1. The van der Waals surface area contributed by atoms with E-state index in [0.717, 1.165) is 44.5 Å². The van der Waals surface area contributed by atoms with Gasteiger partial charge in [0.1, 0.15) is 11.9 Å². The van der Waals surface area contributed by atoms with Gasteiger partial charge in [0.25, 0.3) is 0 Å². The first-order chi connectivity index (χ1) is 8.81. The molecule has 0 aromatic heterocycles. The summed E-state index contributed by atoms with van der Waals surface area (Å²) in [5, 5.41) is 13.0. The lowest BCUT2D eigenvalue weighted by molar-refractivity contribution is 0.176. The van der Waals surface area contributed by atoms with Gasteiger partial charge in [-0.2, -0.15) is 0 Å². The Hall–Kier alpha value is -1.06. The van der Waals surface area contributed by atoms with E-state index in [1.807, 2.05) is 12.1 Å². The van der Waals surface area contributed by atoms with Crippen molar-refractivity contribution in [3.8, 4) is 5.75 Å². The van der Waals surface area contributed by atoms with Crippen LogP contribution in [0.1, 0.15) is 24.8 Å². The van der Waals surface area contributed by atoms with Gasteiger partial charge in [0.05, 0.1) is 6.10 Å². The van der Waals surface area contributed by atoms with Crippen LogP contribution in [0.4, 0.5) is 0 Å². The molecule has 0 saturated heterocycles. The maximum absolute atomic E-state index is 9.48. The minimum Gasteiger partial charge on any atom is -0.488 e. The minimum atomic E-state index is -0.0659. The number of rotatable bonds is 4. The molecule has 1 aromatic carbocycles. The fourth-order valence-electron chi connectivity index (χ4n) is 3.05. The lowest BCUT2D eigenvalue weighted by atomic mass is 10.1. The van der Waals surface area contributed by atoms with E-state index in [-0.39, 0.29) is 12.2 Å². The highest BCUT2D eigenvalue weighted by molar-refractivity contribution is 5.37. The predicted molar refractivity (Wildman–Crippen MR) is 70.8 cm³/mol. The molecule has 1 aliphatic heterocycles. The first kappa shape index (κ1) is 12.0. The van der Waals surface area contributed by atoms with Crippen LogP contribution in [0.3, 0.4) is 0 Å². The Morgan fingerprint density at radius 3 is 2.89 bits per heavy atom. The standard InChI is InChI=1S/C15H21NO2/c17-13-6-5-11(7-13)9-16-10-14-8-12-3-1-2-4-15(12)18-14/h1-4,11,13-14,16-17H,5-10H2. The summed E-state index contributed by atoms with van der Waals surface area (Å²) in [6, 6.07) is 8.28. The van der Waals surface area contributed by atoms with E-state index in [0.29, 0.717) is 5.92 Å². The van der Waals surface area contributed by atoms with E-state index in [1.54, 1.807) is 0 Å². The number of hydrogen-bond acceptors (Lipinski definition) is 3. The summed E-state index contributed by atoms with van der Waals surface area (Å²) in [6.45, 7) is 1.91. The topological polar surface area (TPSA) is 41.5 Å². The second-order valence-corrected chi connectivity index (χ2v) is 5.54. The van der Waals surface area contributed by atoms with Crippen molar-refractivity contribution in [1.82, 2.24) is 5.32 Å². The summed E-state index contributed by atoms with van der Waals surface area (Å²) in [6.07, 6.45) is 4.30. The first-order valence-corrected chi connectivity index (χ1v) is 6.94. The van der Waals surface area contributed by atoms with Crippen LogP contribution in [0, 0.1) is 5.92 Å². The summed E-state index contributed by atoms with van der Waals surface area (Å²) in [4.78, 5) is 0. The Morgan fingerprint density at radius 2 is 2.11 bits per heavy atom. The molecule has 3 atom stereocenters. The van der Waals surface area contributed by atoms with Gasteiger partial charge < -0.3 is 15.2 Å². The predicted octanol–water partition coefficient (Wildman–Crippen LogP) is 1.74. The smallest absolute Gasteiger partial charge is 0.123 e. The summed E-state index contributed by atoms with van der Waals surface area (Å²) >= 11 is 0. The lowest BCUT2D eigenvalue weighted by Crippen LogP contribution is -2.33. The Balaban J connectivity index is 1.41. The summed E-state index contributed by atoms with van der Waals surface area (Å²) in [5.74, 6) is 1.68. The molecule has 0 amide bonds. The number of fused-ring (bicyclic) bond motifs is 1. The van der Waals surface area contributed by atoms with E-state index < -0.39 is 0 Å². The summed E-state index contributed by atoms with van der Waals surface area (Å²) in [5.41, 5.74) is 1.32. The Morgan fingerprint density at radius 1 is 1.22 bits per heavy atom. The average Bonchev–Trinajstić information content (AvgIpc) is 2.95. The van der Waals surface area contributed by atoms with Crippen LogP contribution in [0.2, 0.25) is 0 Å². The summed E-state index contributed by atoms with van der Waals surface area (Å²) < 4.78 is 5.88. The van der Waals surface area contributed by atoms with E-state index in [4.69, 9.17) is 4.74 Å². The number of benzene rings is 1. The molecule has 1 fully saturated rings. The first-order valence-electron chi connectivity index (χ1n) is 6.94. The monoisotopic (exact) mass is 247 g/mol. The van der Waals surface area contributed by atoms with Crippen LogP contribution in [0.15, 0.2) is 24.3 Å². The van der Waals surface area contributed by atoms with Crippen LogP contribution in [-0.2, 0) is 6.42 Å². The molecule has 3 heteroatoms. The molecule has 1 aliphatic carbocycles. The van der Waals surface area contributed by atoms with Gasteiger partial charge in [-0.05, 0) is 43.4 Å². The molecule has 0 bridgehead atoms. The van der Waals surface area contributed by atoms with Crippen molar-refractivity contribution in [3.63, 3.8) is 0 Å². The van der Waals surface area contributed by atoms with Crippen molar-refractivity contribution in [2.75, 3.05) is 13.1 Å². The molecule has 3 unspecified atom stereocenters. The third-order valence-electron chi connectivity index (χ3n) is 4.03. The maximum Gasteiger partial charge on any atom is 0.123 e. The molecule has 18 heavy (non-hydrogen) atoms. The van der Waals surface area contributed by atoms with Crippen molar-refractivity contribution in [2.45, 2.75) is 37.9 Å². The van der Waals surface area contributed by atoms with Crippen LogP contribution in [0.25, 0.3) is 0 Å². The molecule has 3 nitrogen and oxygen atoms in total. The normalized spacial score (nSPS) is 30.2. The molecule has 3 rings (SSSR count). The third kappa shape index (κ3) is 2.68. The van der Waals surface area contributed by atoms with E-state index >= 15 is 0 Å². The molecule has 1 heterocycles. The fourth-order valence-corrected chi connectivity index (χ4v) is 3.05. The molecule has 0 spiro atoms. The van der Waals surface area contributed by atoms with E-state index in [1.165, 1.54) is 5.56 Å². The highest BCUT2D eigenvalue weighted by Crippen LogP contribution is 2.28. The Kier molecular flexibility index (Phi) is 3.52. The Labute approximate surface area is 108 Å². The zero-order valence-corrected chi connectivity index (χ0v) is 10.6. The highest BCUT2D eigenvalue weighted by Gasteiger charge is 2.24. The number of nitrogens with one attached hydrogen (secondary N) is 1. The molecule has 1 saturated carbocycles. The van der Waals surface area contributed by atoms with Crippen molar-refractivity contribution in [1.29, 1.82) is 0 Å². The van der Waals surface area contributed by atoms with Crippen molar-refractivity contribution < 1.29 is 9.84 Å². The summed E-state index contributed by atoms with van der Waals surface area (Å²) in [7, 11) is 0. The molecular formula is C15H21NO2. The largest absolute Gasteiger partial charge is 0.488 e.